The van der Waals surface area contributed by atoms with Gasteiger partial charge in [0.1, 0.15) is 5.78 Å². The van der Waals surface area contributed by atoms with Crippen LogP contribution in [0.4, 0.5) is 0 Å². The van der Waals surface area contributed by atoms with Crippen molar-refractivity contribution in [1.82, 2.24) is 0 Å². The summed E-state index contributed by atoms with van der Waals surface area (Å²) < 4.78 is 0. The summed E-state index contributed by atoms with van der Waals surface area (Å²) >= 11 is 0. The van der Waals surface area contributed by atoms with Crippen LogP contribution in [0.15, 0.2) is 0 Å². The molecule has 3 aliphatic carbocycles. The second-order valence-electron chi connectivity index (χ2n) is 12.3. The molecule has 0 aliphatic heterocycles. The van der Waals surface area contributed by atoms with E-state index in [1.165, 1.54) is 19.3 Å². The number of carbonyl (C=O) groups excluding carboxylic acids is 1. The van der Waals surface area contributed by atoms with Gasteiger partial charge in [-0.3, -0.25) is 9.59 Å². The van der Waals surface area contributed by atoms with Crippen LogP contribution in [-0.4, -0.2) is 28.1 Å². The minimum Gasteiger partial charge on any atom is -0.481 e. The molecular formula is C29H50O4. The van der Waals surface area contributed by atoms with Crippen LogP contribution in [-0.2, 0) is 9.59 Å². The van der Waals surface area contributed by atoms with E-state index in [4.69, 9.17) is 0 Å². The maximum absolute atomic E-state index is 12.6. The molecule has 3 unspecified atom stereocenters. The van der Waals surface area contributed by atoms with Gasteiger partial charge in [-0.05, 0) is 105 Å². The molecule has 4 nitrogen and oxygen atoms in total. The number of aliphatic carboxylic acids is 1. The Morgan fingerprint density at radius 2 is 1.82 bits per heavy atom. The van der Waals surface area contributed by atoms with Gasteiger partial charge >= 0.3 is 5.97 Å². The standard InChI is InChI=1S/C29H50O4/c1-5-7-8-23(30)18-20-10-11-21(6-2)28(33)27-22(17-20)15-16-29(4)24(12-13-25(27)29)19(3)9-14-26(31)32/h19-22,24-25,27-28,33H,5-18H2,1-4H3,(H,31,32)/t19-,20-,21-,22?,24-,25?,27?,28-,29-/m1/s1. The Balaban J connectivity index is 1.77. The van der Waals surface area contributed by atoms with Gasteiger partial charge in [0.2, 0.25) is 0 Å². The number of rotatable bonds is 10. The second kappa shape index (κ2) is 11.7. The SMILES string of the molecule is CCCCC(=O)C[C@@H]1CC[C@@H](CC)[C@@H](O)C2C(CC[C@@]3(C)C2CC[C@@H]3[C@H](C)CCC(=O)O)C1. The predicted molar refractivity (Wildman–Crippen MR) is 133 cm³/mol. The van der Waals surface area contributed by atoms with Gasteiger partial charge in [0, 0.05) is 19.3 Å². The first-order chi connectivity index (χ1) is 15.7. The maximum atomic E-state index is 12.6. The number of fused-ring (bicyclic) bond motifs is 3. The Bertz CT molecular complexity index is 660. The highest BCUT2D eigenvalue weighted by Crippen LogP contribution is 2.63. The van der Waals surface area contributed by atoms with E-state index in [-0.39, 0.29) is 17.9 Å². The molecule has 0 spiro atoms. The van der Waals surface area contributed by atoms with Crippen molar-refractivity contribution in [3.05, 3.63) is 0 Å². The molecule has 0 amide bonds. The summed E-state index contributed by atoms with van der Waals surface area (Å²) in [6.07, 6.45) is 13.3. The molecule has 33 heavy (non-hydrogen) atoms. The molecule has 190 valence electrons. The molecule has 0 aromatic rings. The molecule has 0 radical (unpaired) electrons. The number of aliphatic hydroxyl groups is 1. The first-order valence-corrected chi connectivity index (χ1v) is 14.1. The van der Waals surface area contributed by atoms with Crippen LogP contribution in [0.25, 0.3) is 0 Å². The first kappa shape index (κ1) is 26.7. The highest BCUT2D eigenvalue weighted by Gasteiger charge is 2.57. The van der Waals surface area contributed by atoms with Crippen molar-refractivity contribution in [2.75, 3.05) is 0 Å². The molecule has 9 atom stereocenters. The lowest BCUT2D eigenvalue weighted by Gasteiger charge is -2.53. The molecule has 3 rings (SSSR count). The number of carboxylic acid groups (broad SMARTS) is 1. The lowest BCUT2D eigenvalue weighted by Crippen LogP contribution is -2.50. The largest absolute Gasteiger partial charge is 0.481 e. The fourth-order valence-corrected chi connectivity index (χ4v) is 8.50. The Morgan fingerprint density at radius 3 is 2.48 bits per heavy atom. The lowest BCUT2D eigenvalue weighted by atomic mass is 9.52. The molecule has 3 saturated carbocycles. The van der Waals surface area contributed by atoms with Crippen molar-refractivity contribution in [3.8, 4) is 0 Å². The second-order valence-corrected chi connectivity index (χ2v) is 12.3. The van der Waals surface area contributed by atoms with Crippen molar-refractivity contribution in [3.63, 3.8) is 0 Å². The molecule has 4 heteroatoms. The van der Waals surface area contributed by atoms with Gasteiger partial charge in [-0.25, -0.2) is 0 Å². The predicted octanol–water partition coefficient (Wildman–Crippen LogP) is 6.88. The number of carboxylic acids is 1. The summed E-state index contributed by atoms with van der Waals surface area (Å²) in [5.41, 5.74) is 0.212. The van der Waals surface area contributed by atoms with Gasteiger partial charge in [0.05, 0.1) is 6.10 Å². The topological polar surface area (TPSA) is 74.6 Å². The third-order valence-corrected chi connectivity index (χ3v) is 10.4. The summed E-state index contributed by atoms with van der Waals surface area (Å²) in [5.74, 6) is 2.98. The van der Waals surface area contributed by atoms with E-state index >= 15 is 0 Å². The van der Waals surface area contributed by atoms with Crippen LogP contribution < -0.4 is 0 Å². The van der Waals surface area contributed by atoms with Crippen LogP contribution in [0, 0.1) is 46.8 Å². The fraction of sp³-hybridized carbons (Fsp3) is 0.931. The Hall–Kier alpha value is -0.900. The zero-order chi connectivity index (χ0) is 24.2. The lowest BCUT2D eigenvalue weighted by molar-refractivity contribution is -0.137. The number of hydrogen-bond donors (Lipinski definition) is 2. The van der Waals surface area contributed by atoms with E-state index in [0.29, 0.717) is 47.2 Å². The monoisotopic (exact) mass is 462 g/mol. The number of ketones is 1. The first-order valence-electron chi connectivity index (χ1n) is 14.1. The van der Waals surface area contributed by atoms with Crippen LogP contribution in [0.5, 0.6) is 0 Å². The van der Waals surface area contributed by atoms with E-state index in [0.717, 1.165) is 64.2 Å². The van der Waals surface area contributed by atoms with Gasteiger partial charge in [-0.2, -0.15) is 0 Å². The van der Waals surface area contributed by atoms with E-state index in [2.05, 4.69) is 27.7 Å². The summed E-state index contributed by atoms with van der Waals surface area (Å²) in [4.78, 5) is 23.8. The Labute approximate surface area is 202 Å². The minimum absolute atomic E-state index is 0.212. The molecule has 0 aromatic heterocycles. The molecule has 2 N–H and O–H groups in total. The Kier molecular flexibility index (Phi) is 9.46. The van der Waals surface area contributed by atoms with E-state index in [1.807, 2.05) is 0 Å². The van der Waals surface area contributed by atoms with Gasteiger partial charge in [0.25, 0.3) is 0 Å². The van der Waals surface area contributed by atoms with Gasteiger partial charge in [-0.15, -0.1) is 0 Å². The summed E-state index contributed by atoms with van der Waals surface area (Å²) in [5, 5.41) is 20.9. The third kappa shape index (κ3) is 6.03. The number of hydrogen-bond acceptors (Lipinski definition) is 3. The van der Waals surface area contributed by atoms with Crippen molar-refractivity contribution in [2.45, 2.75) is 124 Å². The zero-order valence-electron chi connectivity index (χ0n) is 21.7. The molecule has 0 aromatic carbocycles. The molecule has 3 aliphatic rings. The molecule has 0 saturated heterocycles. The van der Waals surface area contributed by atoms with Crippen LogP contribution in [0.1, 0.15) is 118 Å². The fourth-order valence-electron chi connectivity index (χ4n) is 8.50. The summed E-state index contributed by atoms with van der Waals surface area (Å²) in [6.45, 7) is 9.09. The van der Waals surface area contributed by atoms with Crippen LogP contribution in [0.2, 0.25) is 0 Å². The molecule has 3 fully saturated rings. The quantitative estimate of drug-likeness (QED) is 0.371. The summed E-state index contributed by atoms with van der Waals surface area (Å²) in [7, 11) is 0. The van der Waals surface area contributed by atoms with Gasteiger partial charge in [0.15, 0.2) is 0 Å². The normalized spacial score (nSPS) is 39.7. The van der Waals surface area contributed by atoms with E-state index in [1.54, 1.807) is 0 Å². The number of unbranched alkanes of at least 4 members (excludes halogenated alkanes) is 1. The molecular weight excluding hydrogens is 412 g/mol. The van der Waals surface area contributed by atoms with Crippen LogP contribution >= 0.6 is 0 Å². The zero-order valence-corrected chi connectivity index (χ0v) is 21.7. The molecule has 0 bridgehead atoms. The number of Topliss-reactive ketones (excluding diaryl/α,β-unsaturated/α-hetero) is 1. The van der Waals surface area contributed by atoms with Gasteiger partial charge in [-0.1, -0.05) is 40.5 Å². The average Bonchev–Trinajstić information content (AvgIpc) is 3.12. The van der Waals surface area contributed by atoms with E-state index < -0.39 is 5.97 Å². The third-order valence-electron chi connectivity index (χ3n) is 10.4. The summed E-state index contributed by atoms with van der Waals surface area (Å²) in [6, 6.07) is 0. The smallest absolute Gasteiger partial charge is 0.303 e. The van der Waals surface area contributed by atoms with Crippen molar-refractivity contribution >= 4 is 11.8 Å². The Morgan fingerprint density at radius 1 is 1.06 bits per heavy atom. The maximum Gasteiger partial charge on any atom is 0.303 e. The highest BCUT2D eigenvalue weighted by molar-refractivity contribution is 5.78. The highest BCUT2D eigenvalue weighted by atomic mass is 16.4. The molecule has 0 heterocycles. The van der Waals surface area contributed by atoms with Crippen molar-refractivity contribution in [1.29, 1.82) is 0 Å². The number of aliphatic hydroxyl groups excluding tert-OH is 1. The van der Waals surface area contributed by atoms with Gasteiger partial charge < -0.3 is 10.2 Å². The number of carbonyl (C=O) groups is 2. The van der Waals surface area contributed by atoms with E-state index in [9.17, 15) is 19.8 Å². The van der Waals surface area contributed by atoms with Crippen LogP contribution in [0.3, 0.4) is 0 Å². The minimum atomic E-state index is -0.689. The average molecular weight is 463 g/mol. The van der Waals surface area contributed by atoms with Crippen molar-refractivity contribution < 1.29 is 19.8 Å². The van der Waals surface area contributed by atoms with Crippen molar-refractivity contribution in [2.24, 2.45) is 46.8 Å².